The predicted molar refractivity (Wildman–Crippen MR) is 72.7 cm³/mol. The first-order valence-corrected chi connectivity index (χ1v) is 7.80. The van der Waals surface area contributed by atoms with Crippen LogP contribution >= 0.6 is 11.8 Å². The van der Waals surface area contributed by atoms with Gasteiger partial charge in [0.05, 0.1) is 0 Å². The van der Waals surface area contributed by atoms with Crippen LogP contribution in [0, 0.1) is 22.7 Å². The Morgan fingerprint density at radius 2 is 2.00 bits per heavy atom. The van der Waals surface area contributed by atoms with E-state index < -0.39 is 0 Å². The molecule has 0 aromatic heterocycles. The molecule has 1 heterocycles. The van der Waals surface area contributed by atoms with Crippen LogP contribution in [0.2, 0.25) is 0 Å². The van der Waals surface area contributed by atoms with Gasteiger partial charge in [-0.05, 0) is 41.9 Å². The Hall–Kier alpha value is 0.0900. The molecule has 0 radical (unpaired) electrons. The summed E-state index contributed by atoms with van der Waals surface area (Å²) in [6, 6.07) is 0. The smallest absolute Gasteiger partial charge is 0.0260 e. The molecule has 3 fully saturated rings. The lowest BCUT2D eigenvalue weighted by Crippen LogP contribution is -2.50. The lowest BCUT2D eigenvalue weighted by molar-refractivity contribution is -0.0402. The molecule has 16 heavy (non-hydrogen) atoms. The minimum Gasteiger partial charge on any atom is -0.153 e. The summed E-state index contributed by atoms with van der Waals surface area (Å²) in [7, 11) is 0. The first-order chi connectivity index (χ1) is 7.45. The highest BCUT2D eigenvalue weighted by Crippen LogP contribution is 2.65. The normalized spacial score (nSPS) is 50.2. The zero-order valence-electron chi connectivity index (χ0n) is 10.9. The number of rotatable bonds is 0. The second kappa shape index (κ2) is 3.31. The fourth-order valence-electron chi connectivity index (χ4n) is 4.87. The van der Waals surface area contributed by atoms with Gasteiger partial charge in [-0.25, -0.2) is 0 Å². The molecule has 3 aliphatic rings. The van der Waals surface area contributed by atoms with E-state index in [1.54, 1.807) is 5.57 Å². The highest BCUT2D eigenvalue weighted by atomic mass is 32.2. The summed E-state index contributed by atoms with van der Waals surface area (Å²) in [5, 5.41) is 0.792. The highest BCUT2D eigenvalue weighted by Gasteiger charge is 2.57. The van der Waals surface area contributed by atoms with Gasteiger partial charge in [-0.2, -0.15) is 11.8 Å². The van der Waals surface area contributed by atoms with E-state index in [2.05, 4.69) is 39.1 Å². The number of thioether (sulfide) groups is 1. The Kier molecular flexibility index (Phi) is 2.32. The zero-order chi connectivity index (χ0) is 11.6. The molecule has 2 saturated carbocycles. The van der Waals surface area contributed by atoms with Crippen LogP contribution in [-0.2, 0) is 0 Å². The van der Waals surface area contributed by atoms with Gasteiger partial charge < -0.3 is 0 Å². The summed E-state index contributed by atoms with van der Waals surface area (Å²) >= 11 is 2.19. The third kappa shape index (κ3) is 1.30. The third-order valence-electron chi connectivity index (χ3n) is 5.85. The Morgan fingerprint density at radius 1 is 1.25 bits per heavy atom. The Balaban J connectivity index is 2.02. The minimum absolute atomic E-state index is 0.565. The SMILES string of the molecule is C=C1[C@@H]2C[C@H]3C(C)(C)CCC[C@]3(C)[C@H]1CS2. The molecule has 90 valence electrons. The topological polar surface area (TPSA) is 0 Å². The fraction of sp³-hybridized carbons (Fsp3) is 0.867. The van der Waals surface area contributed by atoms with Gasteiger partial charge in [0, 0.05) is 11.0 Å². The summed E-state index contributed by atoms with van der Waals surface area (Å²) in [6.07, 6.45) is 5.71. The van der Waals surface area contributed by atoms with Crippen LogP contribution in [0.25, 0.3) is 0 Å². The molecule has 2 bridgehead atoms. The summed E-state index contributed by atoms with van der Waals surface area (Å²) in [4.78, 5) is 0. The van der Waals surface area contributed by atoms with E-state index in [0.29, 0.717) is 10.8 Å². The second-order valence-electron chi connectivity index (χ2n) is 7.09. The zero-order valence-corrected chi connectivity index (χ0v) is 11.7. The van der Waals surface area contributed by atoms with E-state index in [4.69, 9.17) is 0 Å². The van der Waals surface area contributed by atoms with Gasteiger partial charge in [-0.3, -0.25) is 0 Å². The first kappa shape index (κ1) is 11.2. The van der Waals surface area contributed by atoms with Gasteiger partial charge in [0.2, 0.25) is 0 Å². The molecule has 0 amide bonds. The maximum atomic E-state index is 4.40. The quantitative estimate of drug-likeness (QED) is 0.558. The molecule has 0 aromatic carbocycles. The van der Waals surface area contributed by atoms with E-state index >= 15 is 0 Å². The molecular weight excluding hydrogens is 212 g/mol. The summed E-state index contributed by atoms with van der Waals surface area (Å²) in [5.41, 5.74) is 2.72. The van der Waals surface area contributed by atoms with Crippen molar-refractivity contribution in [3.05, 3.63) is 12.2 Å². The molecule has 0 aromatic rings. The van der Waals surface area contributed by atoms with Crippen LogP contribution in [0.15, 0.2) is 12.2 Å². The molecule has 1 aliphatic heterocycles. The van der Waals surface area contributed by atoms with Crippen molar-refractivity contribution in [1.82, 2.24) is 0 Å². The van der Waals surface area contributed by atoms with Crippen LogP contribution < -0.4 is 0 Å². The molecule has 1 heteroatoms. The van der Waals surface area contributed by atoms with E-state index in [1.165, 1.54) is 31.4 Å². The lowest BCUT2D eigenvalue weighted by Gasteiger charge is -2.56. The number of hydrogen-bond donors (Lipinski definition) is 0. The molecule has 0 spiro atoms. The van der Waals surface area contributed by atoms with Crippen molar-refractivity contribution < 1.29 is 0 Å². The van der Waals surface area contributed by atoms with Crippen molar-refractivity contribution in [1.29, 1.82) is 0 Å². The van der Waals surface area contributed by atoms with Gasteiger partial charge in [0.25, 0.3) is 0 Å². The van der Waals surface area contributed by atoms with Crippen molar-refractivity contribution in [3.8, 4) is 0 Å². The van der Waals surface area contributed by atoms with E-state index in [1.807, 2.05) is 0 Å². The predicted octanol–water partition coefficient (Wildman–Crippen LogP) is 4.51. The van der Waals surface area contributed by atoms with Crippen molar-refractivity contribution in [2.75, 3.05) is 5.75 Å². The van der Waals surface area contributed by atoms with Crippen LogP contribution in [0.3, 0.4) is 0 Å². The molecular formula is C15H24S. The van der Waals surface area contributed by atoms with Crippen LogP contribution in [0.1, 0.15) is 46.5 Å². The summed E-state index contributed by atoms with van der Waals surface area (Å²) in [5.74, 6) is 3.11. The van der Waals surface area contributed by atoms with E-state index in [0.717, 1.165) is 17.1 Å². The summed E-state index contributed by atoms with van der Waals surface area (Å²) in [6.45, 7) is 12.0. The second-order valence-corrected chi connectivity index (χ2v) is 8.32. The highest BCUT2D eigenvalue weighted by molar-refractivity contribution is 8.00. The largest absolute Gasteiger partial charge is 0.153 e. The minimum atomic E-state index is 0.565. The van der Waals surface area contributed by atoms with Gasteiger partial charge in [-0.15, -0.1) is 0 Å². The van der Waals surface area contributed by atoms with Crippen molar-refractivity contribution >= 4 is 11.8 Å². The first-order valence-electron chi connectivity index (χ1n) is 6.75. The van der Waals surface area contributed by atoms with Gasteiger partial charge in [0.1, 0.15) is 0 Å². The van der Waals surface area contributed by atoms with Crippen molar-refractivity contribution in [3.63, 3.8) is 0 Å². The molecule has 3 rings (SSSR count). The average molecular weight is 236 g/mol. The van der Waals surface area contributed by atoms with Crippen LogP contribution in [0.4, 0.5) is 0 Å². The number of hydrogen-bond acceptors (Lipinski definition) is 1. The standard InChI is InChI=1S/C15H24S/c1-10-11-9-16-12(10)8-13-14(2,3)6-5-7-15(11,13)4/h11-13H,1,5-9H2,2-4H3/t11-,12-,13-,15+/m0/s1. The summed E-state index contributed by atoms with van der Waals surface area (Å²) < 4.78 is 0. The van der Waals surface area contributed by atoms with E-state index in [9.17, 15) is 0 Å². The monoisotopic (exact) mass is 236 g/mol. The number of fused-ring (bicyclic) bond motifs is 4. The van der Waals surface area contributed by atoms with Gasteiger partial charge >= 0.3 is 0 Å². The maximum absolute atomic E-state index is 4.40. The van der Waals surface area contributed by atoms with Crippen LogP contribution in [-0.4, -0.2) is 11.0 Å². The third-order valence-corrected chi connectivity index (χ3v) is 7.27. The van der Waals surface area contributed by atoms with Crippen LogP contribution in [0.5, 0.6) is 0 Å². The fourth-order valence-corrected chi connectivity index (χ4v) is 6.60. The Labute approximate surface area is 104 Å². The molecule has 0 nitrogen and oxygen atoms in total. The van der Waals surface area contributed by atoms with E-state index in [-0.39, 0.29) is 0 Å². The molecule has 1 saturated heterocycles. The van der Waals surface area contributed by atoms with Crippen molar-refractivity contribution in [2.24, 2.45) is 22.7 Å². The maximum Gasteiger partial charge on any atom is 0.0260 e. The molecule has 2 aliphatic carbocycles. The van der Waals surface area contributed by atoms with Crippen molar-refractivity contribution in [2.45, 2.75) is 51.7 Å². The Morgan fingerprint density at radius 3 is 2.75 bits per heavy atom. The Bertz CT molecular complexity index is 330. The average Bonchev–Trinajstić information content (AvgIpc) is 2.44. The molecule has 4 atom stereocenters. The molecule has 0 unspecified atom stereocenters. The van der Waals surface area contributed by atoms with Gasteiger partial charge in [-0.1, -0.05) is 39.3 Å². The lowest BCUT2D eigenvalue weighted by atomic mass is 9.48. The van der Waals surface area contributed by atoms with Gasteiger partial charge in [0.15, 0.2) is 0 Å². The molecule has 0 N–H and O–H groups in total.